The quantitative estimate of drug-likeness (QED) is 0.731. The predicted octanol–water partition coefficient (Wildman–Crippen LogP) is 3.93. The molecule has 74 valence electrons. The number of phenols is 1. The van der Waals surface area contributed by atoms with Crippen LogP contribution < -0.4 is 0 Å². The summed E-state index contributed by atoms with van der Waals surface area (Å²) in [5.74, 6) is 0.938. The number of rotatable bonds is 2. The van der Waals surface area contributed by atoms with E-state index in [2.05, 4.69) is 13.8 Å². The van der Waals surface area contributed by atoms with E-state index >= 15 is 0 Å². The van der Waals surface area contributed by atoms with E-state index in [0.29, 0.717) is 11.7 Å². The van der Waals surface area contributed by atoms with Gasteiger partial charge in [-0.2, -0.15) is 0 Å². The minimum Gasteiger partial charge on any atom is -0.508 e. The molecule has 1 aromatic rings. The molecule has 0 fully saturated rings. The molecule has 0 saturated carbocycles. The summed E-state index contributed by atoms with van der Waals surface area (Å²) in [6, 6.07) is 7.43. The molecule has 0 aliphatic carbocycles. The summed E-state index contributed by atoms with van der Waals surface area (Å²) in [7, 11) is 0. The Labute approximate surface area is 81.4 Å². The maximum atomic E-state index is 9.01. The van der Waals surface area contributed by atoms with E-state index < -0.39 is 0 Å². The molecule has 0 aliphatic rings. The number of benzene rings is 1. The maximum absolute atomic E-state index is 9.01. The fourth-order valence-electron chi connectivity index (χ4n) is 1.04. The van der Waals surface area contributed by atoms with Crippen molar-refractivity contribution >= 4 is 0 Å². The normalized spacial score (nSPS) is 11.4. The van der Waals surface area contributed by atoms with Crippen LogP contribution in [0.25, 0.3) is 0 Å². The van der Waals surface area contributed by atoms with Crippen molar-refractivity contribution in [2.75, 3.05) is 0 Å². The molecule has 1 N–H and O–H groups in total. The first-order valence-corrected chi connectivity index (χ1v) is 5.03. The number of phenolic OH excluding ortho intramolecular Hbond substituents is 1. The molecule has 0 radical (unpaired) electrons. The fourth-order valence-corrected chi connectivity index (χ4v) is 1.04. The van der Waals surface area contributed by atoms with Crippen molar-refractivity contribution in [3.8, 4) is 5.75 Å². The average Bonchev–Trinajstić information content (AvgIpc) is 2.21. The van der Waals surface area contributed by atoms with E-state index in [4.69, 9.17) is 5.11 Å². The Kier molecular flexibility index (Phi) is 6.03. The minimum absolute atomic E-state index is 0.344. The van der Waals surface area contributed by atoms with E-state index in [1.807, 2.05) is 26.0 Å². The van der Waals surface area contributed by atoms with Gasteiger partial charge in [0.2, 0.25) is 0 Å². The zero-order valence-electron chi connectivity index (χ0n) is 9.04. The third-order valence-electron chi connectivity index (χ3n) is 2.07. The van der Waals surface area contributed by atoms with Gasteiger partial charge in [0.05, 0.1) is 0 Å². The Bertz CT molecular complexity index is 213. The zero-order valence-corrected chi connectivity index (χ0v) is 9.04. The lowest BCUT2D eigenvalue weighted by Gasteiger charge is -2.07. The van der Waals surface area contributed by atoms with Gasteiger partial charge in [-0.05, 0) is 30.0 Å². The van der Waals surface area contributed by atoms with Crippen molar-refractivity contribution in [3.05, 3.63) is 29.8 Å². The lowest BCUT2D eigenvalue weighted by Crippen LogP contribution is -1.89. The highest BCUT2D eigenvalue weighted by Gasteiger charge is 2.00. The standard InChI is InChI=1S/C10H14O.C2H6/c1-3-8(2)9-4-6-10(11)7-5-9;1-2/h4-8,11H,3H2,1-2H3;1-2H3. The van der Waals surface area contributed by atoms with Gasteiger partial charge in [0.1, 0.15) is 5.75 Å². The van der Waals surface area contributed by atoms with Crippen LogP contribution in [0.2, 0.25) is 0 Å². The van der Waals surface area contributed by atoms with Gasteiger partial charge in [0.15, 0.2) is 0 Å². The first-order chi connectivity index (χ1) is 6.24. The van der Waals surface area contributed by atoms with E-state index in [-0.39, 0.29) is 0 Å². The van der Waals surface area contributed by atoms with Crippen LogP contribution in [0.1, 0.15) is 45.6 Å². The number of hydrogen-bond acceptors (Lipinski definition) is 1. The highest BCUT2D eigenvalue weighted by Crippen LogP contribution is 2.20. The monoisotopic (exact) mass is 180 g/mol. The second-order valence-electron chi connectivity index (χ2n) is 2.90. The Morgan fingerprint density at radius 2 is 1.62 bits per heavy atom. The molecule has 13 heavy (non-hydrogen) atoms. The molecular formula is C12H20O. The van der Waals surface area contributed by atoms with Gasteiger partial charge in [0.25, 0.3) is 0 Å². The van der Waals surface area contributed by atoms with Crippen LogP contribution in [-0.2, 0) is 0 Å². The molecule has 0 aromatic heterocycles. The van der Waals surface area contributed by atoms with Gasteiger partial charge in [-0.25, -0.2) is 0 Å². The van der Waals surface area contributed by atoms with Crippen LogP contribution in [-0.4, -0.2) is 5.11 Å². The molecule has 1 nitrogen and oxygen atoms in total. The lowest BCUT2D eigenvalue weighted by atomic mass is 9.99. The van der Waals surface area contributed by atoms with E-state index in [9.17, 15) is 0 Å². The maximum Gasteiger partial charge on any atom is 0.115 e. The summed E-state index contributed by atoms with van der Waals surface area (Å²) in [4.78, 5) is 0. The van der Waals surface area contributed by atoms with Crippen LogP contribution >= 0.6 is 0 Å². The molecule has 0 bridgehead atoms. The molecule has 0 amide bonds. The lowest BCUT2D eigenvalue weighted by molar-refractivity contribution is 0.475. The third-order valence-corrected chi connectivity index (χ3v) is 2.07. The Morgan fingerprint density at radius 1 is 1.15 bits per heavy atom. The first-order valence-electron chi connectivity index (χ1n) is 5.03. The molecule has 1 unspecified atom stereocenters. The van der Waals surface area contributed by atoms with Gasteiger partial charge in [-0.1, -0.05) is 39.8 Å². The van der Waals surface area contributed by atoms with Crippen molar-refractivity contribution in [1.29, 1.82) is 0 Å². The molecular weight excluding hydrogens is 160 g/mol. The van der Waals surface area contributed by atoms with Crippen molar-refractivity contribution < 1.29 is 5.11 Å². The van der Waals surface area contributed by atoms with Crippen LogP contribution in [0.15, 0.2) is 24.3 Å². The fraction of sp³-hybridized carbons (Fsp3) is 0.500. The average molecular weight is 180 g/mol. The Morgan fingerprint density at radius 3 is 2.00 bits per heavy atom. The molecule has 1 rings (SSSR count). The molecule has 1 atom stereocenters. The predicted molar refractivity (Wildman–Crippen MR) is 58.2 cm³/mol. The smallest absolute Gasteiger partial charge is 0.115 e. The minimum atomic E-state index is 0.344. The summed E-state index contributed by atoms with van der Waals surface area (Å²) in [6.45, 7) is 8.35. The molecule has 0 heterocycles. The van der Waals surface area contributed by atoms with Crippen LogP contribution in [0.5, 0.6) is 5.75 Å². The highest BCUT2D eigenvalue weighted by atomic mass is 16.3. The van der Waals surface area contributed by atoms with E-state index in [1.165, 1.54) is 5.56 Å². The van der Waals surface area contributed by atoms with Gasteiger partial charge in [-0.15, -0.1) is 0 Å². The van der Waals surface area contributed by atoms with Gasteiger partial charge in [-0.3, -0.25) is 0 Å². The molecule has 1 heteroatoms. The summed E-state index contributed by atoms with van der Waals surface area (Å²) in [5.41, 5.74) is 1.30. The zero-order chi connectivity index (χ0) is 10.3. The topological polar surface area (TPSA) is 20.2 Å². The first kappa shape index (κ1) is 12.0. The van der Waals surface area contributed by atoms with Crippen molar-refractivity contribution in [2.24, 2.45) is 0 Å². The van der Waals surface area contributed by atoms with Crippen LogP contribution in [0, 0.1) is 0 Å². The van der Waals surface area contributed by atoms with Gasteiger partial charge in [0, 0.05) is 0 Å². The summed E-state index contributed by atoms with van der Waals surface area (Å²) >= 11 is 0. The van der Waals surface area contributed by atoms with E-state index in [1.54, 1.807) is 12.1 Å². The highest BCUT2D eigenvalue weighted by molar-refractivity contribution is 5.27. The molecule has 0 aliphatic heterocycles. The van der Waals surface area contributed by atoms with Crippen LogP contribution in [0.3, 0.4) is 0 Å². The van der Waals surface area contributed by atoms with Crippen molar-refractivity contribution in [3.63, 3.8) is 0 Å². The molecule has 0 spiro atoms. The van der Waals surface area contributed by atoms with E-state index in [0.717, 1.165) is 6.42 Å². The van der Waals surface area contributed by atoms with Crippen molar-refractivity contribution in [2.45, 2.75) is 40.0 Å². The largest absolute Gasteiger partial charge is 0.508 e. The second kappa shape index (κ2) is 6.53. The Balaban J connectivity index is 0.000000671. The molecule has 1 aromatic carbocycles. The summed E-state index contributed by atoms with van der Waals surface area (Å²) < 4.78 is 0. The second-order valence-corrected chi connectivity index (χ2v) is 2.90. The number of aromatic hydroxyl groups is 1. The third kappa shape index (κ3) is 3.97. The van der Waals surface area contributed by atoms with Gasteiger partial charge >= 0.3 is 0 Å². The summed E-state index contributed by atoms with van der Waals surface area (Å²) in [5, 5.41) is 9.01. The number of hydrogen-bond donors (Lipinski definition) is 1. The molecule has 0 saturated heterocycles. The van der Waals surface area contributed by atoms with Crippen molar-refractivity contribution in [1.82, 2.24) is 0 Å². The summed E-state index contributed by atoms with van der Waals surface area (Å²) in [6.07, 6.45) is 1.14. The van der Waals surface area contributed by atoms with Gasteiger partial charge < -0.3 is 5.11 Å². The Hall–Kier alpha value is -0.980. The van der Waals surface area contributed by atoms with Crippen LogP contribution in [0.4, 0.5) is 0 Å². The SMILES string of the molecule is CC.CCC(C)c1ccc(O)cc1.